The van der Waals surface area contributed by atoms with Crippen LogP contribution in [-0.2, 0) is 13.6 Å². The SMILES string of the molecule is CC(CC(C)(C)O)Nc1nc(NCc2cc(Cl)ccc2O)c2ncn(C)c2n1. The number of rotatable bonds is 7. The number of nitrogens with one attached hydrogen (secondary N) is 2. The molecule has 0 fully saturated rings. The van der Waals surface area contributed by atoms with E-state index in [2.05, 4.69) is 25.6 Å². The fourth-order valence-electron chi connectivity index (χ4n) is 3.09. The van der Waals surface area contributed by atoms with Crippen molar-refractivity contribution in [2.45, 2.75) is 45.4 Å². The van der Waals surface area contributed by atoms with Crippen LogP contribution in [0.15, 0.2) is 24.5 Å². The average Bonchev–Trinajstić information content (AvgIpc) is 2.95. The summed E-state index contributed by atoms with van der Waals surface area (Å²) < 4.78 is 1.81. The van der Waals surface area contributed by atoms with Crippen molar-refractivity contribution in [1.29, 1.82) is 0 Å². The summed E-state index contributed by atoms with van der Waals surface area (Å²) >= 11 is 6.02. The van der Waals surface area contributed by atoms with Gasteiger partial charge in [0.1, 0.15) is 5.75 Å². The normalized spacial score (nSPS) is 12.9. The quantitative estimate of drug-likeness (QED) is 0.478. The molecule has 4 N–H and O–H groups in total. The Morgan fingerprint density at radius 3 is 2.75 bits per heavy atom. The Morgan fingerprint density at radius 2 is 2.04 bits per heavy atom. The highest BCUT2D eigenvalue weighted by Crippen LogP contribution is 2.25. The van der Waals surface area contributed by atoms with Crippen LogP contribution < -0.4 is 10.6 Å². The summed E-state index contributed by atoms with van der Waals surface area (Å²) in [5, 5.41) is 27.0. The van der Waals surface area contributed by atoms with Crippen LogP contribution in [0.2, 0.25) is 5.02 Å². The third kappa shape index (κ3) is 4.82. The van der Waals surface area contributed by atoms with Crippen LogP contribution in [-0.4, -0.2) is 41.4 Å². The van der Waals surface area contributed by atoms with Crippen molar-refractivity contribution in [2.24, 2.45) is 7.05 Å². The molecule has 28 heavy (non-hydrogen) atoms. The summed E-state index contributed by atoms with van der Waals surface area (Å²) in [7, 11) is 1.86. The zero-order chi connectivity index (χ0) is 20.5. The minimum absolute atomic E-state index is 0.0319. The van der Waals surface area contributed by atoms with Gasteiger partial charge in [-0.15, -0.1) is 0 Å². The Bertz CT molecular complexity index is 982. The van der Waals surface area contributed by atoms with Gasteiger partial charge in [0.05, 0.1) is 11.9 Å². The molecule has 0 aliphatic carbocycles. The number of anilines is 2. The van der Waals surface area contributed by atoms with Crippen LogP contribution in [0.3, 0.4) is 0 Å². The zero-order valence-corrected chi connectivity index (χ0v) is 17.1. The van der Waals surface area contributed by atoms with E-state index < -0.39 is 5.60 Å². The van der Waals surface area contributed by atoms with Gasteiger partial charge in [-0.2, -0.15) is 9.97 Å². The van der Waals surface area contributed by atoms with Crippen molar-refractivity contribution >= 4 is 34.5 Å². The highest BCUT2D eigenvalue weighted by molar-refractivity contribution is 6.30. The number of aryl methyl sites for hydroxylation is 1. The molecule has 1 aromatic carbocycles. The Labute approximate surface area is 168 Å². The van der Waals surface area contributed by atoms with E-state index in [1.165, 1.54) is 0 Å². The monoisotopic (exact) mass is 404 g/mol. The molecule has 0 bridgehead atoms. The van der Waals surface area contributed by atoms with E-state index in [9.17, 15) is 10.2 Å². The molecule has 0 spiro atoms. The van der Waals surface area contributed by atoms with Crippen molar-refractivity contribution in [3.05, 3.63) is 35.1 Å². The topological polar surface area (TPSA) is 108 Å². The first kappa shape index (κ1) is 20.2. The lowest BCUT2D eigenvalue weighted by molar-refractivity contribution is 0.0672. The second kappa shape index (κ2) is 7.81. The number of phenolic OH excluding ortho intramolecular Hbond substituents is 1. The third-order valence-corrected chi connectivity index (χ3v) is 4.46. The summed E-state index contributed by atoms with van der Waals surface area (Å²) in [6, 6.07) is 4.86. The zero-order valence-electron chi connectivity index (χ0n) is 16.4. The minimum Gasteiger partial charge on any atom is -0.508 e. The number of benzene rings is 1. The lowest BCUT2D eigenvalue weighted by Crippen LogP contribution is -2.29. The fraction of sp³-hybridized carbons (Fsp3) is 0.421. The van der Waals surface area contributed by atoms with Gasteiger partial charge in [-0.3, -0.25) is 0 Å². The van der Waals surface area contributed by atoms with Gasteiger partial charge in [-0.1, -0.05) is 11.6 Å². The maximum Gasteiger partial charge on any atom is 0.226 e. The summed E-state index contributed by atoms with van der Waals surface area (Å²) in [6.45, 7) is 5.82. The maximum absolute atomic E-state index is 10.0. The lowest BCUT2D eigenvalue weighted by Gasteiger charge is -2.23. The molecule has 1 unspecified atom stereocenters. The van der Waals surface area contributed by atoms with Crippen LogP contribution in [0.4, 0.5) is 11.8 Å². The Hall–Kier alpha value is -2.58. The number of fused-ring (bicyclic) bond motifs is 1. The summed E-state index contributed by atoms with van der Waals surface area (Å²) in [6.07, 6.45) is 2.21. The van der Waals surface area contributed by atoms with Crippen LogP contribution in [0, 0.1) is 0 Å². The van der Waals surface area contributed by atoms with E-state index >= 15 is 0 Å². The highest BCUT2D eigenvalue weighted by atomic mass is 35.5. The van der Waals surface area contributed by atoms with Crippen molar-refractivity contribution < 1.29 is 10.2 Å². The molecule has 0 aliphatic heterocycles. The van der Waals surface area contributed by atoms with Crippen molar-refractivity contribution in [2.75, 3.05) is 10.6 Å². The molecule has 0 radical (unpaired) electrons. The van der Waals surface area contributed by atoms with E-state index in [4.69, 9.17) is 11.6 Å². The molecule has 0 amide bonds. The molecular weight excluding hydrogens is 380 g/mol. The van der Waals surface area contributed by atoms with Gasteiger partial charge in [-0.25, -0.2) is 4.98 Å². The van der Waals surface area contributed by atoms with Gasteiger partial charge in [0.15, 0.2) is 17.0 Å². The predicted octanol–water partition coefficient (Wildman–Crippen LogP) is 3.30. The average molecular weight is 405 g/mol. The summed E-state index contributed by atoms with van der Waals surface area (Å²) in [4.78, 5) is 13.5. The van der Waals surface area contributed by atoms with E-state index in [1.807, 2.05) is 18.5 Å². The summed E-state index contributed by atoms with van der Waals surface area (Å²) in [5.41, 5.74) is 1.16. The summed E-state index contributed by atoms with van der Waals surface area (Å²) in [5.74, 6) is 1.13. The number of nitrogens with zero attached hydrogens (tertiary/aromatic N) is 4. The predicted molar refractivity (Wildman–Crippen MR) is 111 cm³/mol. The van der Waals surface area contributed by atoms with Gasteiger partial charge in [0.2, 0.25) is 5.95 Å². The Balaban J connectivity index is 1.87. The molecule has 0 saturated heterocycles. The van der Waals surface area contributed by atoms with Crippen molar-refractivity contribution in [3.63, 3.8) is 0 Å². The second-order valence-electron chi connectivity index (χ2n) is 7.61. The molecule has 2 aromatic heterocycles. The maximum atomic E-state index is 10.0. The molecule has 0 aliphatic rings. The van der Waals surface area contributed by atoms with Gasteiger partial charge in [-0.05, 0) is 45.4 Å². The Morgan fingerprint density at radius 1 is 1.29 bits per heavy atom. The highest BCUT2D eigenvalue weighted by Gasteiger charge is 2.19. The number of aromatic hydroxyl groups is 1. The number of hydrogen-bond acceptors (Lipinski definition) is 7. The molecule has 1 atom stereocenters. The fourth-order valence-corrected chi connectivity index (χ4v) is 3.28. The smallest absolute Gasteiger partial charge is 0.226 e. The number of phenols is 1. The van der Waals surface area contributed by atoms with Gasteiger partial charge < -0.3 is 25.4 Å². The van der Waals surface area contributed by atoms with Crippen LogP contribution in [0.5, 0.6) is 5.75 Å². The first-order valence-corrected chi connectivity index (χ1v) is 9.39. The van der Waals surface area contributed by atoms with E-state index in [-0.39, 0.29) is 11.8 Å². The largest absolute Gasteiger partial charge is 0.508 e. The molecule has 3 aromatic rings. The Kier molecular flexibility index (Phi) is 5.62. The number of aromatic nitrogens is 4. The minimum atomic E-state index is -0.797. The van der Waals surface area contributed by atoms with E-state index in [0.717, 1.165) is 0 Å². The van der Waals surface area contributed by atoms with E-state index in [1.54, 1.807) is 38.4 Å². The molecule has 2 heterocycles. The van der Waals surface area contributed by atoms with Gasteiger partial charge in [0, 0.05) is 30.2 Å². The second-order valence-corrected chi connectivity index (χ2v) is 8.05. The van der Waals surface area contributed by atoms with Crippen molar-refractivity contribution in [1.82, 2.24) is 19.5 Å². The standard InChI is InChI=1S/C19H25ClN6O2/c1-11(8-19(2,3)28)23-18-24-16(15-17(25-18)26(4)10-22-15)21-9-12-7-13(20)5-6-14(12)27/h5-7,10-11,27-28H,8-9H2,1-4H3,(H2,21,23,24,25). The molecule has 3 rings (SSSR count). The number of aliphatic hydroxyl groups is 1. The number of imidazole rings is 1. The molecular formula is C19H25ClN6O2. The third-order valence-electron chi connectivity index (χ3n) is 4.23. The number of hydrogen-bond donors (Lipinski definition) is 4. The van der Waals surface area contributed by atoms with Crippen LogP contribution in [0.25, 0.3) is 11.2 Å². The molecule has 9 heteroatoms. The van der Waals surface area contributed by atoms with Crippen molar-refractivity contribution in [3.8, 4) is 5.75 Å². The molecule has 150 valence electrons. The van der Waals surface area contributed by atoms with Crippen LogP contribution >= 0.6 is 11.6 Å². The first-order valence-electron chi connectivity index (χ1n) is 9.01. The van der Waals surface area contributed by atoms with Gasteiger partial charge >= 0.3 is 0 Å². The van der Waals surface area contributed by atoms with E-state index in [0.29, 0.717) is 46.5 Å². The van der Waals surface area contributed by atoms with Gasteiger partial charge in [0.25, 0.3) is 0 Å². The first-order chi connectivity index (χ1) is 13.1. The lowest BCUT2D eigenvalue weighted by atomic mass is 10.0. The van der Waals surface area contributed by atoms with Crippen LogP contribution in [0.1, 0.15) is 32.8 Å². The number of halogens is 1. The molecule has 8 nitrogen and oxygen atoms in total. The molecule has 0 saturated carbocycles.